The van der Waals surface area contributed by atoms with Crippen LogP contribution in [0.1, 0.15) is 22.5 Å². The number of methoxy groups -OCH3 is 4. The van der Waals surface area contributed by atoms with Crippen LogP contribution >= 0.6 is 0 Å². The Balaban J connectivity index is 1.53. The molecule has 1 amide bonds. The van der Waals surface area contributed by atoms with Crippen molar-refractivity contribution in [2.75, 3.05) is 40.3 Å². The van der Waals surface area contributed by atoms with Gasteiger partial charge in [-0.1, -0.05) is 0 Å². The molecule has 0 bridgehead atoms. The Morgan fingerprint density at radius 1 is 0.951 bits per heavy atom. The molecule has 214 valence electrons. The van der Waals surface area contributed by atoms with Crippen LogP contribution in [-0.4, -0.2) is 61.8 Å². The Kier molecular flexibility index (Phi) is 9.41. The van der Waals surface area contributed by atoms with E-state index in [-0.39, 0.29) is 5.96 Å². The molecule has 2 aromatic carbocycles. The smallest absolute Gasteiger partial charge is 0.250 e. The summed E-state index contributed by atoms with van der Waals surface area (Å²) in [5, 5.41) is 6.95. The summed E-state index contributed by atoms with van der Waals surface area (Å²) >= 11 is 0. The fourth-order valence-electron chi connectivity index (χ4n) is 4.31. The second kappa shape index (κ2) is 13.3. The van der Waals surface area contributed by atoms with Gasteiger partial charge in [-0.2, -0.15) is 0 Å². The number of ether oxygens (including phenoxy) is 4. The van der Waals surface area contributed by atoms with E-state index < -0.39 is 5.91 Å². The normalized spacial score (nSPS) is 11.5. The van der Waals surface area contributed by atoms with Crippen LogP contribution in [0.3, 0.4) is 0 Å². The maximum absolute atomic E-state index is 12.9. The van der Waals surface area contributed by atoms with E-state index in [1.54, 1.807) is 25.3 Å². The Morgan fingerprint density at radius 3 is 2.29 bits per heavy atom. The number of nitrogens with one attached hydrogen (secondary N) is 3. The Morgan fingerprint density at radius 2 is 1.66 bits per heavy atom. The molecule has 11 heteroatoms. The molecule has 4 aromatic rings. The maximum atomic E-state index is 12.9. The number of anilines is 1. The van der Waals surface area contributed by atoms with Gasteiger partial charge in [0, 0.05) is 47.2 Å². The number of fused-ring (bicyclic) bond motifs is 1. The highest BCUT2D eigenvalue weighted by atomic mass is 16.5. The highest BCUT2D eigenvalue weighted by Gasteiger charge is 2.13. The van der Waals surface area contributed by atoms with Crippen molar-refractivity contribution in [2.45, 2.75) is 20.3 Å². The number of benzene rings is 2. The third kappa shape index (κ3) is 7.33. The number of aliphatic imine (C=N–C) groups is 1. The molecule has 2 heterocycles. The molecule has 0 spiro atoms. The lowest BCUT2D eigenvalue weighted by atomic mass is 10.1. The zero-order chi connectivity index (χ0) is 29.4. The van der Waals surface area contributed by atoms with E-state index in [4.69, 9.17) is 18.9 Å². The van der Waals surface area contributed by atoms with Crippen LogP contribution < -0.4 is 29.6 Å². The Bertz CT molecular complexity index is 1550. The number of carbonyl (C=O) groups excluding carboxylic acids is 1. The molecule has 41 heavy (non-hydrogen) atoms. The summed E-state index contributed by atoms with van der Waals surface area (Å²) in [5.41, 5.74) is 4.36. The summed E-state index contributed by atoms with van der Waals surface area (Å²) in [6.45, 7) is 4.16. The number of amides is 1. The molecule has 0 aliphatic carbocycles. The summed E-state index contributed by atoms with van der Waals surface area (Å²) in [4.78, 5) is 29.7. The van der Waals surface area contributed by atoms with Crippen LogP contribution in [0, 0.1) is 13.8 Å². The van der Waals surface area contributed by atoms with Crippen molar-refractivity contribution in [1.29, 1.82) is 0 Å². The highest BCUT2D eigenvalue weighted by molar-refractivity contribution is 6.08. The van der Waals surface area contributed by atoms with Crippen molar-refractivity contribution in [1.82, 2.24) is 20.3 Å². The van der Waals surface area contributed by atoms with Crippen molar-refractivity contribution in [2.24, 2.45) is 4.99 Å². The molecule has 0 aliphatic heterocycles. The van der Waals surface area contributed by atoms with Crippen molar-refractivity contribution < 1.29 is 23.7 Å². The topological polar surface area (TPSA) is 132 Å². The van der Waals surface area contributed by atoms with E-state index in [1.807, 2.05) is 44.3 Å². The number of hydrogen-bond donors (Lipinski definition) is 3. The number of hydrogen-bond acceptors (Lipinski definition) is 8. The van der Waals surface area contributed by atoms with Crippen LogP contribution in [0.5, 0.6) is 23.0 Å². The molecule has 3 N–H and O–H groups in total. The zero-order valence-corrected chi connectivity index (χ0v) is 24.0. The summed E-state index contributed by atoms with van der Waals surface area (Å²) in [7, 11) is 6.25. The standard InChI is InChI=1S/C30H34N6O5/c1-18-13-19(2)34-30(33-18)36-29(31-12-11-21-17-32-24-16-22(38-3)8-9-23(21)24)35-27(37)10-7-20-14-25(39-4)28(41-6)26(15-20)40-5/h7-10,13-17,32H,11-12H2,1-6H3,(H2,31,33,34,35,36,37)/b10-7+. The Labute approximate surface area is 238 Å². The number of guanidine groups is 1. The molecule has 0 saturated carbocycles. The molecule has 0 radical (unpaired) electrons. The minimum atomic E-state index is -0.395. The lowest BCUT2D eigenvalue weighted by Gasteiger charge is -2.13. The number of aryl methyl sites for hydroxylation is 2. The first-order valence-corrected chi connectivity index (χ1v) is 12.9. The number of H-pyrrole nitrogens is 1. The summed E-state index contributed by atoms with van der Waals surface area (Å²) in [6.07, 6.45) is 5.64. The van der Waals surface area contributed by atoms with Gasteiger partial charge in [0.25, 0.3) is 5.91 Å². The largest absolute Gasteiger partial charge is 0.497 e. The van der Waals surface area contributed by atoms with Gasteiger partial charge in [-0.3, -0.25) is 20.4 Å². The first-order chi connectivity index (χ1) is 19.8. The monoisotopic (exact) mass is 558 g/mol. The van der Waals surface area contributed by atoms with Crippen molar-refractivity contribution in [3.05, 3.63) is 71.2 Å². The second-order valence-corrected chi connectivity index (χ2v) is 9.09. The predicted molar refractivity (Wildman–Crippen MR) is 159 cm³/mol. The summed E-state index contributed by atoms with van der Waals surface area (Å²) in [5.74, 6) is 2.40. The lowest BCUT2D eigenvalue weighted by molar-refractivity contribution is -0.115. The number of aromatic nitrogens is 3. The van der Waals surface area contributed by atoms with E-state index in [0.29, 0.717) is 41.7 Å². The van der Waals surface area contributed by atoms with E-state index in [2.05, 4.69) is 30.6 Å². The molecular weight excluding hydrogens is 524 g/mol. The third-order valence-electron chi connectivity index (χ3n) is 6.19. The van der Waals surface area contributed by atoms with Gasteiger partial charge >= 0.3 is 0 Å². The molecule has 0 saturated heterocycles. The van der Waals surface area contributed by atoms with Crippen LogP contribution in [0.25, 0.3) is 17.0 Å². The van der Waals surface area contributed by atoms with E-state index in [0.717, 1.165) is 33.6 Å². The van der Waals surface area contributed by atoms with Gasteiger partial charge in [0.05, 0.1) is 28.4 Å². The fraction of sp³-hybridized carbons (Fsp3) is 0.267. The second-order valence-electron chi connectivity index (χ2n) is 9.09. The Hall–Kier alpha value is -5.06. The van der Waals surface area contributed by atoms with Crippen LogP contribution in [-0.2, 0) is 11.2 Å². The third-order valence-corrected chi connectivity index (χ3v) is 6.19. The van der Waals surface area contributed by atoms with Crippen LogP contribution in [0.4, 0.5) is 5.95 Å². The minimum absolute atomic E-state index is 0.232. The quantitative estimate of drug-likeness (QED) is 0.148. The average molecular weight is 559 g/mol. The van der Waals surface area contributed by atoms with Crippen LogP contribution in [0.2, 0.25) is 0 Å². The molecule has 11 nitrogen and oxygen atoms in total. The first kappa shape index (κ1) is 28.9. The molecule has 0 unspecified atom stereocenters. The van der Waals surface area contributed by atoms with Crippen molar-refractivity contribution >= 4 is 34.8 Å². The van der Waals surface area contributed by atoms with Gasteiger partial charge in [0.2, 0.25) is 17.7 Å². The van der Waals surface area contributed by atoms with E-state index in [1.165, 1.54) is 27.4 Å². The van der Waals surface area contributed by atoms with Gasteiger partial charge in [-0.15, -0.1) is 0 Å². The van der Waals surface area contributed by atoms with E-state index >= 15 is 0 Å². The predicted octanol–water partition coefficient (Wildman–Crippen LogP) is 4.45. The molecule has 0 atom stereocenters. The minimum Gasteiger partial charge on any atom is -0.497 e. The van der Waals surface area contributed by atoms with E-state index in [9.17, 15) is 4.79 Å². The number of carbonyl (C=O) groups is 1. The molecular formula is C30H34N6O5. The summed E-state index contributed by atoms with van der Waals surface area (Å²) < 4.78 is 21.5. The first-order valence-electron chi connectivity index (χ1n) is 12.9. The average Bonchev–Trinajstić information content (AvgIpc) is 3.36. The molecule has 0 fully saturated rings. The number of nitrogens with zero attached hydrogens (tertiary/aromatic N) is 3. The van der Waals surface area contributed by atoms with Gasteiger partial charge < -0.3 is 23.9 Å². The van der Waals surface area contributed by atoms with Gasteiger partial charge in [0.1, 0.15) is 5.75 Å². The number of rotatable bonds is 10. The molecule has 2 aromatic heterocycles. The van der Waals surface area contributed by atoms with Crippen molar-refractivity contribution in [3.8, 4) is 23.0 Å². The van der Waals surface area contributed by atoms with Gasteiger partial charge in [-0.05, 0) is 67.8 Å². The van der Waals surface area contributed by atoms with Crippen LogP contribution in [0.15, 0.2) is 53.7 Å². The fourth-order valence-corrected chi connectivity index (χ4v) is 4.31. The lowest BCUT2D eigenvalue weighted by Crippen LogP contribution is -2.35. The molecule has 0 aliphatic rings. The van der Waals surface area contributed by atoms with Gasteiger partial charge in [-0.25, -0.2) is 9.97 Å². The SMILES string of the molecule is COc1ccc2c(CCN=C(NC(=O)/C=C/c3cc(OC)c(OC)c(OC)c3)Nc3nc(C)cc(C)n3)c[nH]c2c1. The summed E-state index contributed by atoms with van der Waals surface area (Å²) in [6, 6.07) is 11.3. The van der Waals surface area contributed by atoms with Crippen molar-refractivity contribution in [3.63, 3.8) is 0 Å². The zero-order valence-electron chi connectivity index (χ0n) is 24.0. The van der Waals surface area contributed by atoms with Gasteiger partial charge in [0.15, 0.2) is 11.5 Å². The maximum Gasteiger partial charge on any atom is 0.250 e. The molecule has 4 rings (SSSR count). The highest BCUT2D eigenvalue weighted by Crippen LogP contribution is 2.38. The number of aromatic amines is 1.